The van der Waals surface area contributed by atoms with Gasteiger partial charge in [-0.2, -0.15) is 0 Å². The molecule has 1 saturated heterocycles. The lowest BCUT2D eigenvalue weighted by molar-refractivity contribution is -0.122. The molecule has 2 aliphatic heterocycles. The number of nitrogens with one attached hydrogen (secondary N) is 1. The molecule has 0 aliphatic carbocycles. The predicted octanol–water partition coefficient (Wildman–Crippen LogP) is 3.84. The average Bonchev–Trinajstić information content (AvgIpc) is 3.44. The Morgan fingerprint density at radius 3 is 2.38 bits per heavy atom. The average molecular weight is 562 g/mol. The largest absolute Gasteiger partial charge is 0.318 e. The Morgan fingerprint density at radius 1 is 0.974 bits per heavy atom. The minimum Gasteiger partial charge on any atom is -0.318 e. The number of hydrogen-bond acceptors (Lipinski definition) is 6. The third-order valence-electron chi connectivity index (χ3n) is 6.86. The number of hydrogen-bond donors (Lipinski definition) is 1. The number of thioether (sulfide) groups is 1. The summed E-state index contributed by atoms with van der Waals surface area (Å²) in [5, 5.41) is 2.71. The summed E-state index contributed by atoms with van der Waals surface area (Å²) in [5.41, 5.74) is 2.35. The lowest BCUT2D eigenvalue weighted by Crippen LogP contribution is -2.36. The van der Waals surface area contributed by atoms with Crippen molar-refractivity contribution in [2.45, 2.75) is 26.7 Å². The molecule has 1 N–H and O–H groups in total. The number of unbranched alkanes of at least 4 members (excludes halogenated alkanes) is 1. The number of carbonyl (C=O) groups is 3. The molecule has 0 radical (unpaired) electrons. The standard InChI is InChI=1S/C28H27N5O4S2/c1-4-5-15-31-27(37)24(39-28(31)38)22-19-13-9-10-14-20(19)32(25(22)35)16-21(34)29-23-17(2)30(3)33(26(23)36)18-11-7-6-8-12-18/h6-14H,4-5,15-16H2,1-3H3,(H,29,34). The third kappa shape index (κ3) is 4.61. The summed E-state index contributed by atoms with van der Waals surface area (Å²) in [4.78, 5) is 56.5. The molecule has 1 aromatic heterocycles. The van der Waals surface area contributed by atoms with E-state index >= 15 is 0 Å². The van der Waals surface area contributed by atoms with Crippen LogP contribution in [0.2, 0.25) is 0 Å². The van der Waals surface area contributed by atoms with Crippen molar-refractivity contribution >= 4 is 63.0 Å². The van der Waals surface area contributed by atoms with Crippen LogP contribution in [0.15, 0.2) is 64.3 Å². The second kappa shape index (κ2) is 10.7. The van der Waals surface area contributed by atoms with Crippen LogP contribution in [0.3, 0.4) is 0 Å². The van der Waals surface area contributed by atoms with E-state index < -0.39 is 11.8 Å². The quantitative estimate of drug-likeness (QED) is 0.348. The molecule has 2 aromatic carbocycles. The molecule has 11 heteroatoms. The molecular weight excluding hydrogens is 534 g/mol. The van der Waals surface area contributed by atoms with E-state index in [2.05, 4.69) is 5.32 Å². The van der Waals surface area contributed by atoms with Gasteiger partial charge in [-0.15, -0.1) is 0 Å². The van der Waals surface area contributed by atoms with Crippen molar-refractivity contribution in [3.63, 3.8) is 0 Å². The first-order valence-electron chi connectivity index (χ1n) is 12.6. The van der Waals surface area contributed by atoms with Gasteiger partial charge in [-0.05, 0) is 31.5 Å². The first-order chi connectivity index (χ1) is 18.7. The first kappa shape index (κ1) is 26.6. The molecule has 0 saturated carbocycles. The van der Waals surface area contributed by atoms with E-state index in [4.69, 9.17) is 12.2 Å². The number of carbonyl (C=O) groups excluding carboxylic acids is 3. The van der Waals surface area contributed by atoms with Gasteiger partial charge in [0, 0.05) is 19.2 Å². The van der Waals surface area contributed by atoms with Crippen molar-refractivity contribution in [1.29, 1.82) is 0 Å². The normalized spacial score (nSPS) is 16.8. The summed E-state index contributed by atoms with van der Waals surface area (Å²) >= 11 is 6.56. The van der Waals surface area contributed by atoms with Crippen LogP contribution in [-0.4, -0.2) is 49.4 Å². The maximum Gasteiger partial charge on any atom is 0.295 e. The Balaban J connectivity index is 1.44. The lowest BCUT2D eigenvalue weighted by atomic mass is 10.1. The van der Waals surface area contributed by atoms with Crippen LogP contribution in [0.5, 0.6) is 0 Å². The van der Waals surface area contributed by atoms with Gasteiger partial charge in [-0.1, -0.05) is 73.7 Å². The number of para-hydroxylation sites is 2. The zero-order chi connectivity index (χ0) is 27.8. The molecule has 0 atom stereocenters. The fourth-order valence-electron chi connectivity index (χ4n) is 4.75. The Labute approximate surface area is 235 Å². The van der Waals surface area contributed by atoms with Gasteiger partial charge in [0.05, 0.1) is 27.5 Å². The van der Waals surface area contributed by atoms with Crippen molar-refractivity contribution in [2.24, 2.45) is 7.05 Å². The Kier molecular flexibility index (Phi) is 7.28. The van der Waals surface area contributed by atoms with Gasteiger partial charge in [0.15, 0.2) is 0 Å². The van der Waals surface area contributed by atoms with Crippen LogP contribution >= 0.6 is 24.0 Å². The molecule has 2 aliphatic rings. The fraction of sp³-hybridized carbons (Fsp3) is 0.250. The SMILES string of the molecule is CCCCN1C(=O)C(=C2C(=O)N(CC(=O)Nc3c(C)n(C)n(-c4ccccc4)c3=O)c3ccccc32)SC1=S. The van der Waals surface area contributed by atoms with Crippen molar-refractivity contribution in [3.05, 3.63) is 81.1 Å². The summed E-state index contributed by atoms with van der Waals surface area (Å²) < 4.78 is 3.56. The van der Waals surface area contributed by atoms with Crippen LogP contribution in [-0.2, 0) is 21.4 Å². The lowest BCUT2D eigenvalue weighted by Gasteiger charge is -2.16. The second-order valence-corrected chi connectivity index (χ2v) is 10.9. The number of amides is 3. The van der Waals surface area contributed by atoms with E-state index in [9.17, 15) is 19.2 Å². The number of benzene rings is 2. The number of anilines is 2. The summed E-state index contributed by atoms with van der Waals surface area (Å²) in [6, 6.07) is 16.2. The highest BCUT2D eigenvalue weighted by molar-refractivity contribution is 8.26. The van der Waals surface area contributed by atoms with Gasteiger partial charge in [0.2, 0.25) is 5.91 Å². The smallest absolute Gasteiger partial charge is 0.295 e. The van der Waals surface area contributed by atoms with Gasteiger partial charge in [0.1, 0.15) is 16.6 Å². The zero-order valence-electron chi connectivity index (χ0n) is 21.8. The molecule has 9 nitrogen and oxygen atoms in total. The molecular formula is C28H27N5O4S2. The van der Waals surface area contributed by atoms with Crippen LogP contribution in [0.25, 0.3) is 11.3 Å². The van der Waals surface area contributed by atoms with Crippen LogP contribution < -0.4 is 15.8 Å². The van der Waals surface area contributed by atoms with Crippen molar-refractivity contribution in [1.82, 2.24) is 14.3 Å². The Morgan fingerprint density at radius 2 is 1.67 bits per heavy atom. The van der Waals surface area contributed by atoms with Gasteiger partial charge in [-0.25, -0.2) is 4.68 Å². The fourth-order valence-corrected chi connectivity index (χ4v) is 6.13. The minimum absolute atomic E-state index is 0.142. The number of thiocarbonyl (C=S) groups is 1. The monoisotopic (exact) mass is 561 g/mol. The van der Waals surface area contributed by atoms with E-state index in [0.717, 1.165) is 24.6 Å². The van der Waals surface area contributed by atoms with Crippen LogP contribution in [0.4, 0.5) is 11.4 Å². The van der Waals surface area contributed by atoms with Gasteiger partial charge >= 0.3 is 0 Å². The molecule has 0 bridgehead atoms. The van der Waals surface area contributed by atoms with E-state index in [1.54, 1.807) is 55.1 Å². The van der Waals surface area contributed by atoms with Crippen molar-refractivity contribution < 1.29 is 14.4 Å². The van der Waals surface area contributed by atoms with Crippen molar-refractivity contribution in [2.75, 3.05) is 23.3 Å². The molecule has 0 unspecified atom stereocenters. The summed E-state index contributed by atoms with van der Waals surface area (Å²) in [6.07, 6.45) is 1.71. The van der Waals surface area contributed by atoms with Crippen molar-refractivity contribution in [3.8, 4) is 5.69 Å². The Bertz CT molecular complexity index is 1610. The molecule has 3 amide bonds. The van der Waals surface area contributed by atoms with Gasteiger partial charge in [0.25, 0.3) is 17.4 Å². The minimum atomic E-state index is -0.527. The molecule has 1 fully saturated rings. The van der Waals surface area contributed by atoms with E-state index in [-0.39, 0.29) is 34.2 Å². The number of aromatic nitrogens is 2. The Hall–Kier alpha value is -3.96. The van der Waals surface area contributed by atoms with Crippen LogP contribution in [0, 0.1) is 6.92 Å². The summed E-state index contributed by atoms with van der Waals surface area (Å²) in [5.74, 6) is -1.26. The third-order valence-corrected chi connectivity index (χ3v) is 8.30. The van der Waals surface area contributed by atoms with Gasteiger partial charge in [-0.3, -0.25) is 33.7 Å². The molecule has 0 spiro atoms. The molecule has 3 aromatic rings. The highest BCUT2D eigenvalue weighted by atomic mass is 32.2. The highest BCUT2D eigenvalue weighted by Crippen LogP contribution is 2.44. The predicted molar refractivity (Wildman–Crippen MR) is 157 cm³/mol. The molecule has 39 heavy (non-hydrogen) atoms. The molecule has 3 heterocycles. The van der Waals surface area contributed by atoms with Gasteiger partial charge < -0.3 is 5.32 Å². The van der Waals surface area contributed by atoms with Crippen LogP contribution in [0.1, 0.15) is 31.0 Å². The van der Waals surface area contributed by atoms with E-state index in [1.807, 2.05) is 25.1 Å². The topological polar surface area (TPSA) is 96.7 Å². The zero-order valence-corrected chi connectivity index (χ0v) is 23.4. The summed E-state index contributed by atoms with van der Waals surface area (Å²) in [6.45, 7) is 3.94. The molecule has 200 valence electrons. The summed E-state index contributed by atoms with van der Waals surface area (Å²) in [7, 11) is 1.74. The number of nitrogens with zero attached hydrogens (tertiary/aromatic N) is 4. The maximum atomic E-state index is 13.7. The van der Waals surface area contributed by atoms with E-state index in [0.29, 0.717) is 33.5 Å². The van der Waals surface area contributed by atoms with E-state index in [1.165, 1.54) is 14.5 Å². The second-order valence-electron chi connectivity index (χ2n) is 9.28. The first-order valence-corrected chi connectivity index (χ1v) is 13.8. The number of fused-ring (bicyclic) bond motifs is 1. The maximum absolute atomic E-state index is 13.7. The number of rotatable bonds is 7. The molecule has 5 rings (SSSR count). The highest BCUT2D eigenvalue weighted by Gasteiger charge is 2.42.